The first-order valence-corrected chi connectivity index (χ1v) is 9.06. The summed E-state index contributed by atoms with van der Waals surface area (Å²) in [6, 6.07) is 3.83. The number of piperidine rings is 1. The minimum atomic E-state index is -3.16. The third kappa shape index (κ3) is 3.15. The first-order chi connectivity index (χ1) is 10.6. The Morgan fingerprint density at radius 3 is 2.73 bits per heavy atom. The number of sulfonamides is 1. The molecule has 0 spiro atoms. The van der Waals surface area contributed by atoms with Crippen LogP contribution in [0.25, 0.3) is 11.1 Å². The number of rotatable bonds is 3. The molecule has 6 nitrogen and oxygen atoms in total. The van der Waals surface area contributed by atoms with Gasteiger partial charge >= 0.3 is 0 Å². The van der Waals surface area contributed by atoms with Crippen LogP contribution in [-0.2, 0) is 10.0 Å². The van der Waals surface area contributed by atoms with Crippen molar-refractivity contribution in [1.29, 1.82) is 0 Å². The van der Waals surface area contributed by atoms with Crippen molar-refractivity contribution >= 4 is 10.0 Å². The van der Waals surface area contributed by atoms with E-state index in [0.717, 1.165) is 29.7 Å². The van der Waals surface area contributed by atoms with E-state index >= 15 is 0 Å². The summed E-state index contributed by atoms with van der Waals surface area (Å²) in [6.07, 6.45) is 9.82. The third-order valence-electron chi connectivity index (χ3n) is 3.97. The van der Waals surface area contributed by atoms with Gasteiger partial charge in [-0.15, -0.1) is 0 Å². The molecule has 0 N–H and O–H groups in total. The van der Waals surface area contributed by atoms with Crippen LogP contribution in [0.4, 0.5) is 0 Å². The molecule has 0 bridgehead atoms. The highest BCUT2D eigenvalue weighted by Gasteiger charge is 2.29. The SMILES string of the molecule is CS(=O)(=O)N1CCCC(c2ncncc2-c2ccncc2)C1. The maximum absolute atomic E-state index is 11.8. The number of pyridine rings is 1. The Labute approximate surface area is 130 Å². The van der Waals surface area contributed by atoms with Crippen molar-refractivity contribution in [3.05, 3.63) is 42.7 Å². The van der Waals surface area contributed by atoms with Crippen LogP contribution in [0.15, 0.2) is 37.1 Å². The molecule has 7 heteroatoms. The Morgan fingerprint density at radius 1 is 1.23 bits per heavy atom. The first-order valence-electron chi connectivity index (χ1n) is 7.21. The maximum atomic E-state index is 11.8. The number of hydrogen-bond acceptors (Lipinski definition) is 5. The van der Waals surface area contributed by atoms with E-state index in [2.05, 4.69) is 15.0 Å². The molecule has 1 atom stereocenters. The molecule has 2 aromatic rings. The summed E-state index contributed by atoms with van der Waals surface area (Å²) in [5.41, 5.74) is 2.86. The Balaban J connectivity index is 1.95. The lowest BCUT2D eigenvalue weighted by Gasteiger charge is -2.31. The minimum absolute atomic E-state index is 0.0923. The number of nitrogens with zero attached hydrogens (tertiary/aromatic N) is 4. The molecule has 0 aliphatic carbocycles. The molecule has 1 unspecified atom stereocenters. The minimum Gasteiger partial charge on any atom is -0.265 e. The average Bonchev–Trinajstić information content (AvgIpc) is 2.55. The quantitative estimate of drug-likeness (QED) is 0.860. The molecule has 1 aliphatic heterocycles. The summed E-state index contributed by atoms with van der Waals surface area (Å²) >= 11 is 0. The van der Waals surface area contributed by atoms with Gasteiger partial charge in [0.1, 0.15) is 6.33 Å². The standard InChI is InChI=1S/C15H18N4O2S/c1-22(20,21)19-8-2-3-13(10-19)15-14(9-17-11-18-15)12-4-6-16-7-5-12/h4-7,9,11,13H,2-3,8,10H2,1H3. The lowest BCUT2D eigenvalue weighted by Crippen LogP contribution is -2.38. The van der Waals surface area contributed by atoms with E-state index < -0.39 is 10.0 Å². The normalized spacial score (nSPS) is 20.0. The van der Waals surface area contributed by atoms with Crippen molar-refractivity contribution in [3.8, 4) is 11.1 Å². The molecule has 0 saturated carbocycles. The summed E-state index contributed by atoms with van der Waals surface area (Å²) in [5, 5.41) is 0. The largest absolute Gasteiger partial charge is 0.265 e. The molecule has 1 fully saturated rings. The zero-order chi connectivity index (χ0) is 15.6. The van der Waals surface area contributed by atoms with Crippen molar-refractivity contribution in [3.63, 3.8) is 0 Å². The monoisotopic (exact) mass is 318 g/mol. The summed E-state index contributed by atoms with van der Waals surface area (Å²) < 4.78 is 25.1. The second kappa shape index (κ2) is 6.10. The van der Waals surface area contributed by atoms with E-state index in [1.165, 1.54) is 12.6 Å². The Hall–Kier alpha value is -1.86. The summed E-state index contributed by atoms with van der Waals surface area (Å²) in [4.78, 5) is 12.6. The fraction of sp³-hybridized carbons (Fsp3) is 0.400. The lowest BCUT2D eigenvalue weighted by molar-refractivity contribution is 0.315. The third-order valence-corrected chi connectivity index (χ3v) is 5.24. The zero-order valence-corrected chi connectivity index (χ0v) is 13.2. The van der Waals surface area contributed by atoms with Crippen LogP contribution in [-0.4, -0.2) is 47.0 Å². The lowest BCUT2D eigenvalue weighted by atomic mass is 9.91. The highest BCUT2D eigenvalue weighted by atomic mass is 32.2. The van der Waals surface area contributed by atoms with E-state index in [1.54, 1.807) is 22.9 Å². The zero-order valence-electron chi connectivity index (χ0n) is 12.4. The van der Waals surface area contributed by atoms with Crippen LogP contribution in [0, 0.1) is 0 Å². The van der Waals surface area contributed by atoms with Crippen molar-refractivity contribution in [2.24, 2.45) is 0 Å². The molecule has 2 aromatic heterocycles. The maximum Gasteiger partial charge on any atom is 0.211 e. The van der Waals surface area contributed by atoms with Gasteiger partial charge in [0.05, 0.1) is 11.9 Å². The van der Waals surface area contributed by atoms with Crippen molar-refractivity contribution < 1.29 is 8.42 Å². The van der Waals surface area contributed by atoms with Gasteiger partial charge in [-0.05, 0) is 30.5 Å². The van der Waals surface area contributed by atoms with Crippen LogP contribution >= 0.6 is 0 Å². The van der Waals surface area contributed by atoms with Gasteiger partial charge in [0.15, 0.2) is 0 Å². The molecule has 1 aliphatic rings. The van der Waals surface area contributed by atoms with E-state index in [1.807, 2.05) is 12.1 Å². The van der Waals surface area contributed by atoms with Crippen LogP contribution < -0.4 is 0 Å². The van der Waals surface area contributed by atoms with Gasteiger partial charge in [0, 0.05) is 43.2 Å². The predicted molar refractivity (Wildman–Crippen MR) is 83.7 cm³/mol. The molecule has 0 aromatic carbocycles. The molecule has 3 heterocycles. The molecular weight excluding hydrogens is 300 g/mol. The number of aromatic nitrogens is 3. The van der Waals surface area contributed by atoms with Gasteiger partial charge in [-0.1, -0.05) is 0 Å². The molecule has 22 heavy (non-hydrogen) atoms. The smallest absolute Gasteiger partial charge is 0.211 e. The van der Waals surface area contributed by atoms with Crippen LogP contribution in [0.2, 0.25) is 0 Å². The summed E-state index contributed by atoms with van der Waals surface area (Å²) in [7, 11) is -3.16. The van der Waals surface area contributed by atoms with Gasteiger partial charge in [-0.2, -0.15) is 0 Å². The van der Waals surface area contributed by atoms with Gasteiger partial charge < -0.3 is 0 Å². The van der Waals surface area contributed by atoms with E-state index in [9.17, 15) is 8.42 Å². The Kier molecular flexibility index (Phi) is 4.17. The Morgan fingerprint density at radius 2 is 2.00 bits per heavy atom. The highest BCUT2D eigenvalue weighted by Crippen LogP contribution is 2.32. The van der Waals surface area contributed by atoms with E-state index in [-0.39, 0.29) is 5.92 Å². The molecular formula is C15H18N4O2S. The second-order valence-corrected chi connectivity index (χ2v) is 7.50. The van der Waals surface area contributed by atoms with Crippen molar-refractivity contribution in [2.75, 3.05) is 19.3 Å². The average molecular weight is 318 g/mol. The van der Waals surface area contributed by atoms with Crippen molar-refractivity contribution in [2.45, 2.75) is 18.8 Å². The molecule has 3 rings (SSSR count). The molecule has 0 radical (unpaired) electrons. The molecule has 0 amide bonds. The van der Waals surface area contributed by atoms with Crippen molar-refractivity contribution in [1.82, 2.24) is 19.3 Å². The topological polar surface area (TPSA) is 76.1 Å². The van der Waals surface area contributed by atoms with Gasteiger partial charge in [0.2, 0.25) is 10.0 Å². The van der Waals surface area contributed by atoms with Crippen LogP contribution in [0.1, 0.15) is 24.5 Å². The predicted octanol–water partition coefficient (Wildman–Crippen LogP) is 1.68. The van der Waals surface area contributed by atoms with Gasteiger partial charge in [-0.25, -0.2) is 22.7 Å². The second-order valence-electron chi connectivity index (χ2n) is 5.52. The summed E-state index contributed by atoms with van der Waals surface area (Å²) in [5.74, 6) is 0.0923. The fourth-order valence-electron chi connectivity index (χ4n) is 2.89. The highest BCUT2D eigenvalue weighted by molar-refractivity contribution is 7.88. The van der Waals surface area contributed by atoms with E-state index in [4.69, 9.17) is 0 Å². The van der Waals surface area contributed by atoms with Gasteiger partial charge in [-0.3, -0.25) is 4.98 Å². The van der Waals surface area contributed by atoms with E-state index in [0.29, 0.717) is 13.1 Å². The van der Waals surface area contributed by atoms with Crippen LogP contribution in [0.5, 0.6) is 0 Å². The number of hydrogen-bond donors (Lipinski definition) is 0. The van der Waals surface area contributed by atoms with Crippen LogP contribution in [0.3, 0.4) is 0 Å². The molecule has 1 saturated heterocycles. The summed E-state index contributed by atoms with van der Waals surface area (Å²) in [6.45, 7) is 1.07. The molecule has 116 valence electrons. The fourth-order valence-corrected chi connectivity index (χ4v) is 3.80. The first kappa shape index (κ1) is 15.1. The Bertz CT molecular complexity index is 749. The van der Waals surface area contributed by atoms with Gasteiger partial charge in [0.25, 0.3) is 0 Å².